The fourth-order valence-electron chi connectivity index (χ4n) is 3.27. The second-order valence-corrected chi connectivity index (χ2v) is 9.21. The van der Waals surface area contributed by atoms with Crippen LogP contribution in [0.2, 0.25) is 0 Å². The summed E-state index contributed by atoms with van der Waals surface area (Å²) < 4.78 is 28.0. The molecule has 10 heteroatoms. The van der Waals surface area contributed by atoms with Gasteiger partial charge < -0.3 is 0 Å². The van der Waals surface area contributed by atoms with E-state index in [2.05, 4.69) is 10.5 Å². The Kier molecular flexibility index (Phi) is 7.75. The molecule has 1 N–H and O–H groups in total. The van der Waals surface area contributed by atoms with Crippen LogP contribution in [-0.2, 0) is 21.2 Å². The molecule has 0 saturated carbocycles. The van der Waals surface area contributed by atoms with E-state index in [-0.39, 0.29) is 10.6 Å². The number of nitro groups is 1. The molecule has 34 heavy (non-hydrogen) atoms. The second-order valence-electron chi connectivity index (χ2n) is 7.34. The smallest absolute Gasteiger partial charge is 0.269 e. The minimum atomic E-state index is -4.03. The van der Waals surface area contributed by atoms with Gasteiger partial charge >= 0.3 is 0 Å². The number of sulfonamides is 1. The molecule has 3 aromatic rings. The summed E-state index contributed by atoms with van der Waals surface area (Å²) in [6.45, 7) is 3.06. The number of rotatable bonds is 9. The van der Waals surface area contributed by atoms with Crippen molar-refractivity contribution >= 4 is 33.0 Å². The maximum atomic E-state index is 13.4. The molecular weight excluding hydrogens is 456 g/mol. The molecule has 9 nitrogen and oxygen atoms in total. The van der Waals surface area contributed by atoms with Gasteiger partial charge in [0.2, 0.25) is 0 Å². The van der Waals surface area contributed by atoms with E-state index >= 15 is 0 Å². The van der Waals surface area contributed by atoms with E-state index in [4.69, 9.17) is 0 Å². The number of para-hydroxylation sites is 1. The molecule has 1 amide bonds. The number of hydrazone groups is 1. The highest BCUT2D eigenvalue weighted by Crippen LogP contribution is 2.27. The summed E-state index contributed by atoms with van der Waals surface area (Å²) in [5, 5.41) is 14.8. The molecule has 3 rings (SSSR count). The van der Waals surface area contributed by atoms with E-state index in [1.807, 2.05) is 19.1 Å². The van der Waals surface area contributed by atoms with E-state index in [1.165, 1.54) is 36.4 Å². The van der Waals surface area contributed by atoms with Crippen molar-refractivity contribution in [2.45, 2.75) is 25.2 Å². The van der Waals surface area contributed by atoms with Crippen LogP contribution in [0, 0.1) is 10.1 Å². The van der Waals surface area contributed by atoms with E-state index in [1.54, 1.807) is 37.3 Å². The van der Waals surface area contributed by atoms with Crippen molar-refractivity contribution in [3.8, 4) is 0 Å². The summed E-state index contributed by atoms with van der Waals surface area (Å²) in [5.74, 6) is -0.633. The Labute approximate surface area is 197 Å². The summed E-state index contributed by atoms with van der Waals surface area (Å²) in [4.78, 5) is 23.1. The van der Waals surface area contributed by atoms with Crippen LogP contribution in [0.1, 0.15) is 25.0 Å². The number of amides is 1. The molecule has 0 bridgehead atoms. The average Bonchev–Trinajstić information content (AvgIpc) is 2.86. The van der Waals surface area contributed by atoms with Crippen molar-refractivity contribution in [3.05, 3.63) is 100 Å². The van der Waals surface area contributed by atoms with E-state index in [9.17, 15) is 23.3 Å². The van der Waals surface area contributed by atoms with Crippen LogP contribution >= 0.6 is 0 Å². The van der Waals surface area contributed by atoms with Gasteiger partial charge in [0.05, 0.1) is 21.2 Å². The van der Waals surface area contributed by atoms with Crippen LogP contribution in [0.5, 0.6) is 0 Å². The van der Waals surface area contributed by atoms with Gasteiger partial charge in [0.25, 0.3) is 21.6 Å². The van der Waals surface area contributed by atoms with Crippen LogP contribution in [-0.4, -0.2) is 31.5 Å². The lowest BCUT2D eigenvalue weighted by atomic mass is 10.1. The molecule has 0 atom stereocenters. The second kappa shape index (κ2) is 10.7. The first-order valence-corrected chi connectivity index (χ1v) is 11.9. The Bertz CT molecular complexity index is 1310. The van der Waals surface area contributed by atoms with Gasteiger partial charge in [-0.25, -0.2) is 13.8 Å². The van der Waals surface area contributed by atoms with E-state index in [0.717, 1.165) is 9.87 Å². The number of benzene rings is 3. The molecule has 0 aliphatic rings. The number of carbonyl (C=O) groups excluding carboxylic acids is 1. The number of hydrogen-bond donors (Lipinski definition) is 1. The molecule has 0 unspecified atom stereocenters. The molecule has 0 aliphatic heterocycles. The van der Waals surface area contributed by atoms with Crippen LogP contribution in [0.25, 0.3) is 0 Å². The van der Waals surface area contributed by atoms with Crippen molar-refractivity contribution < 1.29 is 18.1 Å². The molecule has 0 heterocycles. The van der Waals surface area contributed by atoms with Crippen molar-refractivity contribution in [1.29, 1.82) is 0 Å². The summed E-state index contributed by atoms with van der Waals surface area (Å²) >= 11 is 0. The molecule has 0 radical (unpaired) electrons. The zero-order valence-corrected chi connectivity index (χ0v) is 19.5. The van der Waals surface area contributed by atoms with Crippen molar-refractivity contribution in [3.63, 3.8) is 0 Å². The first-order valence-electron chi connectivity index (χ1n) is 10.5. The lowest BCUT2D eigenvalue weighted by Gasteiger charge is -2.25. The first-order chi connectivity index (χ1) is 16.2. The predicted octanol–water partition coefficient (Wildman–Crippen LogP) is 3.89. The Balaban J connectivity index is 1.87. The minimum absolute atomic E-state index is 0.0584. The van der Waals surface area contributed by atoms with Crippen LogP contribution < -0.4 is 9.73 Å². The summed E-state index contributed by atoms with van der Waals surface area (Å²) in [6, 6.07) is 20.6. The third-order valence-electron chi connectivity index (χ3n) is 5.10. The van der Waals surface area contributed by atoms with E-state index < -0.39 is 27.4 Å². The molecule has 0 saturated heterocycles. The quantitative estimate of drug-likeness (QED) is 0.283. The monoisotopic (exact) mass is 480 g/mol. The first kappa shape index (κ1) is 24.6. The topological polar surface area (TPSA) is 122 Å². The SMILES string of the molecule is CCc1ccccc1N(CC(=O)N/N=C(/C)c1ccc([N+](=O)[O-])cc1)S(=O)(=O)c1ccccc1. The standard InChI is InChI=1S/C24H24N4O5S/c1-3-19-9-7-8-12-23(19)27(34(32,33)22-10-5-4-6-11-22)17-24(29)26-25-18(2)20-13-15-21(16-14-20)28(30)31/h4-16H,3,17H2,1-2H3,(H,26,29)/b25-18-. The van der Waals surface area contributed by atoms with Gasteiger partial charge in [0.15, 0.2) is 0 Å². The predicted molar refractivity (Wildman–Crippen MR) is 130 cm³/mol. The zero-order valence-electron chi connectivity index (χ0n) is 18.7. The summed E-state index contributed by atoms with van der Waals surface area (Å²) in [6.07, 6.45) is 0.579. The zero-order chi connectivity index (χ0) is 24.7. The number of nitro benzene ring substituents is 1. The number of anilines is 1. The largest absolute Gasteiger partial charge is 0.271 e. The van der Waals surface area contributed by atoms with Gasteiger partial charge in [-0.1, -0.05) is 43.3 Å². The Hall–Kier alpha value is -4.05. The maximum absolute atomic E-state index is 13.4. The van der Waals surface area contributed by atoms with Gasteiger partial charge in [-0.15, -0.1) is 0 Å². The highest BCUT2D eigenvalue weighted by Gasteiger charge is 2.28. The number of hydrogen-bond acceptors (Lipinski definition) is 6. The number of carbonyl (C=O) groups is 1. The van der Waals surface area contributed by atoms with Gasteiger partial charge in [-0.2, -0.15) is 5.10 Å². The Morgan fingerprint density at radius 1 is 1.00 bits per heavy atom. The average molecular weight is 481 g/mol. The summed E-state index contributed by atoms with van der Waals surface area (Å²) in [7, 11) is -4.03. The summed E-state index contributed by atoms with van der Waals surface area (Å²) in [5.41, 5.74) is 4.52. The van der Waals surface area contributed by atoms with Crippen molar-refractivity contribution in [2.75, 3.05) is 10.8 Å². The molecule has 3 aromatic carbocycles. The fourth-order valence-corrected chi connectivity index (χ4v) is 4.75. The molecule has 0 spiro atoms. The van der Waals surface area contributed by atoms with Crippen molar-refractivity contribution in [2.24, 2.45) is 5.10 Å². The van der Waals surface area contributed by atoms with Crippen LogP contribution in [0.3, 0.4) is 0 Å². The fraction of sp³-hybridized carbons (Fsp3) is 0.167. The Morgan fingerprint density at radius 2 is 1.62 bits per heavy atom. The van der Waals surface area contributed by atoms with Gasteiger partial charge in [-0.05, 0) is 54.8 Å². The Morgan fingerprint density at radius 3 is 2.24 bits per heavy atom. The molecule has 176 valence electrons. The highest BCUT2D eigenvalue weighted by atomic mass is 32.2. The lowest BCUT2D eigenvalue weighted by Crippen LogP contribution is -2.40. The van der Waals surface area contributed by atoms with E-state index in [0.29, 0.717) is 23.4 Å². The normalized spacial score (nSPS) is 11.6. The molecule has 0 fully saturated rings. The van der Waals surface area contributed by atoms with Gasteiger partial charge in [0.1, 0.15) is 6.54 Å². The third-order valence-corrected chi connectivity index (χ3v) is 6.88. The number of non-ortho nitro benzene ring substituents is 1. The number of aryl methyl sites for hydroxylation is 1. The van der Waals surface area contributed by atoms with Crippen LogP contribution in [0.15, 0.2) is 88.9 Å². The molecular formula is C24H24N4O5S. The maximum Gasteiger partial charge on any atom is 0.269 e. The number of nitrogens with one attached hydrogen (secondary N) is 1. The number of nitrogens with zero attached hydrogens (tertiary/aromatic N) is 3. The minimum Gasteiger partial charge on any atom is -0.271 e. The lowest BCUT2D eigenvalue weighted by molar-refractivity contribution is -0.384. The van der Waals surface area contributed by atoms with Gasteiger partial charge in [0, 0.05) is 12.1 Å². The molecule has 0 aromatic heterocycles. The highest BCUT2D eigenvalue weighted by molar-refractivity contribution is 7.92. The van der Waals surface area contributed by atoms with Crippen LogP contribution in [0.4, 0.5) is 11.4 Å². The van der Waals surface area contributed by atoms with Crippen molar-refractivity contribution in [1.82, 2.24) is 5.43 Å². The third kappa shape index (κ3) is 5.65. The van der Waals surface area contributed by atoms with Gasteiger partial charge in [-0.3, -0.25) is 19.2 Å². The molecule has 0 aliphatic carbocycles.